The van der Waals surface area contributed by atoms with E-state index >= 15 is 0 Å². The van der Waals surface area contributed by atoms with Gasteiger partial charge in [-0.3, -0.25) is 4.90 Å². The molecule has 0 bridgehead atoms. The highest BCUT2D eigenvalue weighted by Crippen LogP contribution is 2.12. The smallest absolute Gasteiger partial charge is 0.153 e. The summed E-state index contributed by atoms with van der Waals surface area (Å²) in [6.45, 7) is 7.54. The highest BCUT2D eigenvalue weighted by molar-refractivity contribution is 7.91. The Hall–Kier alpha value is -0.390. The van der Waals surface area contributed by atoms with Crippen LogP contribution >= 0.6 is 0 Å². The summed E-state index contributed by atoms with van der Waals surface area (Å²) in [6, 6.07) is 0.0806. The molecule has 1 rings (SSSR count). The molecule has 1 saturated heterocycles. The van der Waals surface area contributed by atoms with Gasteiger partial charge in [-0.05, 0) is 12.5 Å². The molecule has 0 saturated carbocycles. The molecule has 0 aromatic rings. The second-order valence-corrected chi connectivity index (χ2v) is 6.12. The topological polar surface area (TPSA) is 63.4 Å². The van der Waals surface area contributed by atoms with Crippen molar-refractivity contribution in [3.63, 3.8) is 0 Å². The molecule has 1 fully saturated rings. The maximum Gasteiger partial charge on any atom is 0.153 e. The fourth-order valence-electron chi connectivity index (χ4n) is 1.62. The molecule has 1 unspecified atom stereocenters. The van der Waals surface area contributed by atoms with Crippen LogP contribution in [0.5, 0.6) is 0 Å². The van der Waals surface area contributed by atoms with Crippen LogP contribution in [0.1, 0.15) is 6.92 Å². The summed E-state index contributed by atoms with van der Waals surface area (Å²) in [5.41, 5.74) is 6.40. The van der Waals surface area contributed by atoms with Crippen molar-refractivity contribution in [3.8, 4) is 0 Å². The molecule has 1 heterocycles. The van der Waals surface area contributed by atoms with Crippen molar-refractivity contribution in [1.29, 1.82) is 0 Å². The second-order valence-electron chi connectivity index (χ2n) is 3.89. The van der Waals surface area contributed by atoms with E-state index in [1.807, 2.05) is 6.92 Å². The largest absolute Gasteiger partial charge is 0.327 e. The highest BCUT2D eigenvalue weighted by Gasteiger charge is 2.27. The molecule has 5 heteroatoms. The molecule has 0 aliphatic carbocycles. The Morgan fingerprint density at radius 3 is 2.79 bits per heavy atom. The van der Waals surface area contributed by atoms with Gasteiger partial charge in [0.2, 0.25) is 0 Å². The van der Waals surface area contributed by atoms with E-state index in [0.29, 0.717) is 19.6 Å². The van der Waals surface area contributed by atoms with Gasteiger partial charge in [-0.2, -0.15) is 0 Å². The minimum absolute atomic E-state index is 0.0806. The zero-order valence-electron chi connectivity index (χ0n) is 8.57. The van der Waals surface area contributed by atoms with E-state index in [1.165, 1.54) is 0 Å². The van der Waals surface area contributed by atoms with Gasteiger partial charge < -0.3 is 5.73 Å². The fraction of sp³-hybridized carbons (Fsp3) is 0.778. The number of hydrogen-bond acceptors (Lipinski definition) is 4. The average molecular weight is 218 g/mol. The Balaban J connectivity index is 2.54. The summed E-state index contributed by atoms with van der Waals surface area (Å²) in [5, 5.41) is 0. The normalized spacial score (nSPS) is 27.4. The van der Waals surface area contributed by atoms with E-state index in [1.54, 1.807) is 0 Å². The number of nitrogens with two attached hydrogens (primary N) is 1. The van der Waals surface area contributed by atoms with E-state index in [4.69, 9.17) is 5.73 Å². The highest BCUT2D eigenvalue weighted by atomic mass is 32.2. The summed E-state index contributed by atoms with van der Waals surface area (Å²) in [6.07, 6.45) is 0. The Kier molecular flexibility index (Phi) is 3.69. The molecular formula is C9H18N2O2S. The van der Waals surface area contributed by atoms with Crippen molar-refractivity contribution in [3.05, 3.63) is 12.2 Å². The van der Waals surface area contributed by atoms with Crippen LogP contribution in [0.15, 0.2) is 12.2 Å². The van der Waals surface area contributed by atoms with E-state index in [2.05, 4.69) is 11.5 Å². The van der Waals surface area contributed by atoms with Crippen LogP contribution in [-0.4, -0.2) is 50.5 Å². The lowest BCUT2D eigenvalue weighted by Gasteiger charge is -2.33. The summed E-state index contributed by atoms with van der Waals surface area (Å²) in [7, 11) is -2.81. The van der Waals surface area contributed by atoms with Crippen LogP contribution in [0, 0.1) is 0 Å². The van der Waals surface area contributed by atoms with Crippen molar-refractivity contribution in [1.82, 2.24) is 4.90 Å². The number of nitrogens with zero attached hydrogens (tertiary/aromatic N) is 1. The molecule has 0 spiro atoms. The SMILES string of the molecule is C=C(CN)CN1CCS(=O)(=O)CC1C. The van der Waals surface area contributed by atoms with Gasteiger partial charge in [-0.15, -0.1) is 0 Å². The first-order valence-corrected chi connectivity index (χ1v) is 6.58. The van der Waals surface area contributed by atoms with Crippen LogP contribution < -0.4 is 5.73 Å². The Bertz CT molecular complexity index is 311. The predicted molar refractivity (Wildman–Crippen MR) is 57.9 cm³/mol. The Morgan fingerprint density at radius 2 is 2.29 bits per heavy atom. The number of sulfone groups is 1. The Morgan fingerprint density at radius 1 is 1.64 bits per heavy atom. The van der Waals surface area contributed by atoms with Crippen LogP contribution in [-0.2, 0) is 9.84 Å². The molecule has 0 aromatic carbocycles. The molecule has 0 radical (unpaired) electrons. The third kappa shape index (κ3) is 3.08. The minimum atomic E-state index is -2.81. The van der Waals surface area contributed by atoms with E-state index in [-0.39, 0.29) is 17.5 Å². The van der Waals surface area contributed by atoms with Gasteiger partial charge >= 0.3 is 0 Å². The summed E-state index contributed by atoms with van der Waals surface area (Å²) in [4.78, 5) is 2.12. The zero-order chi connectivity index (χ0) is 10.8. The maximum absolute atomic E-state index is 11.3. The third-order valence-corrected chi connectivity index (χ3v) is 4.32. The number of rotatable bonds is 3. The molecule has 4 nitrogen and oxygen atoms in total. The van der Waals surface area contributed by atoms with Crippen molar-refractivity contribution in [2.24, 2.45) is 5.73 Å². The molecular weight excluding hydrogens is 200 g/mol. The van der Waals surface area contributed by atoms with Gasteiger partial charge in [0.05, 0.1) is 11.5 Å². The van der Waals surface area contributed by atoms with Crippen molar-refractivity contribution in [2.45, 2.75) is 13.0 Å². The van der Waals surface area contributed by atoms with E-state index in [0.717, 1.165) is 5.57 Å². The molecule has 0 amide bonds. The summed E-state index contributed by atoms with van der Waals surface area (Å²) < 4.78 is 22.6. The van der Waals surface area contributed by atoms with Crippen LogP contribution in [0.2, 0.25) is 0 Å². The average Bonchev–Trinajstić information content (AvgIpc) is 2.09. The van der Waals surface area contributed by atoms with Gasteiger partial charge in [0.25, 0.3) is 0 Å². The molecule has 82 valence electrons. The first-order valence-electron chi connectivity index (χ1n) is 4.76. The summed E-state index contributed by atoms with van der Waals surface area (Å²) in [5.74, 6) is 0.514. The van der Waals surface area contributed by atoms with Crippen molar-refractivity contribution >= 4 is 9.84 Å². The van der Waals surface area contributed by atoms with E-state index < -0.39 is 9.84 Å². The standard InChI is InChI=1S/C9H18N2O2S/c1-8(5-10)6-11-3-4-14(12,13)7-9(11)2/h9H,1,3-7,10H2,2H3. The molecule has 0 aromatic heterocycles. The van der Waals surface area contributed by atoms with Crippen LogP contribution in [0.25, 0.3) is 0 Å². The lowest BCUT2D eigenvalue weighted by atomic mass is 10.2. The lowest BCUT2D eigenvalue weighted by Crippen LogP contribution is -2.47. The van der Waals surface area contributed by atoms with Crippen LogP contribution in [0.4, 0.5) is 0 Å². The fourth-order valence-corrected chi connectivity index (χ4v) is 3.24. The third-order valence-electron chi connectivity index (χ3n) is 2.52. The first-order chi connectivity index (χ1) is 6.44. The van der Waals surface area contributed by atoms with Crippen molar-refractivity contribution < 1.29 is 8.42 Å². The number of hydrogen-bond donors (Lipinski definition) is 1. The van der Waals surface area contributed by atoms with Gasteiger partial charge in [0.1, 0.15) is 0 Å². The molecule has 1 aliphatic heterocycles. The minimum Gasteiger partial charge on any atom is -0.327 e. The predicted octanol–water partition coefficient (Wildman–Crippen LogP) is -0.380. The Labute approximate surface area is 85.7 Å². The molecule has 2 N–H and O–H groups in total. The molecule has 1 atom stereocenters. The monoisotopic (exact) mass is 218 g/mol. The zero-order valence-corrected chi connectivity index (χ0v) is 9.39. The van der Waals surface area contributed by atoms with E-state index in [9.17, 15) is 8.42 Å². The van der Waals surface area contributed by atoms with Gasteiger partial charge in [-0.25, -0.2) is 8.42 Å². The lowest BCUT2D eigenvalue weighted by molar-refractivity contribution is 0.245. The quantitative estimate of drug-likeness (QED) is 0.656. The van der Waals surface area contributed by atoms with Crippen molar-refractivity contribution in [2.75, 3.05) is 31.1 Å². The maximum atomic E-state index is 11.3. The second kappa shape index (κ2) is 4.42. The van der Waals surface area contributed by atoms with Gasteiger partial charge in [0, 0.05) is 25.7 Å². The van der Waals surface area contributed by atoms with Crippen LogP contribution in [0.3, 0.4) is 0 Å². The van der Waals surface area contributed by atoms with Gasteiger partial charge in [-0.1, -0.05) is 6.58 Å². The van der Waals surface area contributed by atoms with Gasteiger partial charge in [0.15, 0.2) is 9.84 Å². The molecule has 14 heavy (non-hydrogen) atoms. The molecule has 1 aliphatic rings. The summed E-state index contributed by atoms with van der Waals surface area (Å²) >= 11 is 0. The first kappa shape index (κ1) is 11.7.